The zero-order valence-electron chi connectivity index (χ0n) is 12.2. The largest absolute Gasteiger partial charge is 0.507 e. The summed E-state index contributed by atoms with van der Waals surface area (Å²) in [6, 6.07) is 17.0. The minimum Gasteiger partial charge on any atom is -0.507 e. The molecule has 0 saturated carbocycles. The van der Waals surface area contributed by atoms with E-state index in [1.807, 2.05) is 53.1 Å². The molecule has 4 rings (SSSR count). The van der Waals surface area contributed by atoms with Crippen molar-refractivity contribution >= 4 is 17.2 Å². The molecular weight excluding hydrogens is 288 g/mol. The lowest BCUT2D eigenvalue weighted by Crippen LogP contribution is -1.97. The predicted molar refractivity (Wildman–Crippen MR) is 89.8 cm³/mol. The van der Waals surface area contributed by atoms with E-state index in [2.05, 4.69) is 15.3 Å². The number of nitrogens with zero attached hydrogens (tertiary/aromatic N) is 3. The van der Waals surface area contributed by atoms with Gasteiger partial charge in [-0.2, -0.15) is 0 Å². The van der Waals surface area contributed by atoms with Gasteiger partial charge in [-0.15, -0.1) is 0 Å². The third-order valence-corrected chi connectivity index (χ3v) is 3.63. The van der Waals surface area contributed by atoms with Crippen LogP contribution in [-0.4, -0.2) is 19.5 Å². The number of phenolic OH excluding ortho intramolecular Hbond substituents is 1. The third kappa shape index (κ3) is 2.38. The number of aromatic hydroxyl groups is 1. The molecule has 0 aliphatic rings. The zero-order chi connectivity index (χ0) is 15.6. The van der Waals surface area contributed by atoms with Crippen molar-refractivity contribution in [3.8, 4) is 17.0 Å². The Morgan fingerprint density at radius 2 is 1.74 bits per heavy atom. The maximum Gasteiger partial charge on any atom is 0.157 e. The Bertz CT molecular complexity index is 963. The van der Waals surface area contributed by atoms with Gasteiger partial charge in [-0.3, -0.25) is 9.38 Å². The molecule has 0 aliphatic carbocycles. The summed E-state index contributed by atoms with van der Waals surface area (Å²) in [6.45, 7) is 0. The number of rotatable bonds is 3. The third-order valence-electron chi connectivity index (χ3n) is 3.63. The molecule has 0 unspecified atom stereocenters. The van der Waals surface area contributed by atoms with Crippen LogP contribution in [0, 0.1) is 0 Å². The van der Waals surface area contributed by atoms with Crippen LogP contribution in [0.4, 0.5) is 11.5 Å². The highest BCUT2D eigenvalue weighted by molar-refractivity contribution is 5.82. The van der Waals surface area contributed by atoms with Crippen LogP contribution in [0.5, 0.6) is 5.75 Å². The molecule has 2 N–H and O–H groups in total. The molecule has 5 nitrogen and oxygen atoms in total. The minimum atomic E-state index is 0.194. The average molecular weight is 302 g/mol. The summed E-state index contributed by atoms with van der Waals surface area (Å²) in [5.41, 5.74) is 3.02. The van der Waals surface area contributed by atoms with Gasteiger partial charge >= 0.3 is 0 Å². The summed E-state index contributed by atoms with van der Waals surface area (Å²) in [4.78, 5) is 8.73. The van der Waals surface area contributed by atoms with E-state index in [4.69, 9.17) is 0 Å². The van der Waals surface area contributed by atoms with E-state index in [1.54, 1.807) is 24.5 Å². The minimum absolute atomic E-state index is 0.194. The molecule has 0 atom stereocenters. The lowest BCUT2D eigenvalue weighted by molar-refractivity contribution is 0.477. The zero-order valence-corrected chi connectivity index (χ0v) is 12.2. The van der Waals surface area contributed by atoms with E-state index in [9.17, 15) is 5.11 Å². The van der Waals surface area contributed by atoms with Crippen molar-refractivity contribution in [3.63, 3.8) is 0 Å². The van der Waals surface area contributed by atoms with Crippen LogP contribution in [0.2, 0.25) is 0 Å². The number of nitrogens with one attached hydrogen (secondary N) is 1. The van der Waals surface area contributed by atoms with Crippen molar-refractivity contribution < 1.29 is 5.11 Å². The fourth-order valence-electron chi connectivity index (χ4n) is 2.55. The normalized spacial score (nSPS) is 10.8. The first kappa shape index (κ1) is 13.3. The monoisotopic (exact) mass is 302 g/mol. The van der Waals surface area contributed by atoms with E-state index < -0.39 is 0 Å². The van der Waals surface area contributed by atoms with Gasteiger partial charge in [0, 0.05) is 23.6 Å². The van der Waals surface area contributed by atoms with Crippen molar-refractivity contribution in [1.82, 2.24) is 14.4 Å². The standard InChI is InChI=1S/C18H14N4O/c23-15-9-5-4-8-14(15)17-18(20-13-6-2-1-3-7-13)22-11-10-19-12-16(22)21-17/h1-12,20,23H. The Kier molecular flexibility index (Phi) is 3.16. The number of anilines is 2. The molecule has 2 aromatic carbocycles. The molecule has 112 valence electrons. The van der Waals surface area contributed by atoms with Gasteiger partial charge in [-0.05, 0) is 24.3 Å². The molecule has 0 aliphatic heterocycles. The van der Waals surface area contributed by atoms with E-state index in [-0.39, 0.29) is 5.75 Å². The van der Waals surface area contributed by atoms with Gasteiger partial charge in [-0.25, -0.2) is 4.98 Å². The maximum absolute atomic E-state index is 10.2. The molecule has 0 radical (unpaired) electrons. The van der Waals surface area contributed by atoms with Gasteiger partial charge in [0.2, 0.25) is 0 Å². The number of para-hydroxylation sites is 2. The Labute approximate surface area is 132 Å². The Morgan fingerprint density at radius 1 is 0.957 bits per heavy atom. The van der Waals surface area contributed by atoms with Crippen LogP contribution in [0.25, 0.3) is 16.9 Å². The predicted octanol–water partition coefficient (Wildman–Crippen LogP) is 3.85. The number of benzene rings is 2. The number of imidazole rings is 1. The maximum atomic E-state index is 10.2. The van der Waals surface area contributed by atoms with Crippen LogP contribution < -0.4 is 5.32 Å². The van der Waals surface area contributed by atoms with Gasteiger partial charge in [0.25, 0.3) is 0 Å². The second-order valence-corrected chi connectivity index (χ2v) is 5.12. The highest BCUT2D eigenvalue weighted by atomic mass is 16.3. The molecule has 2 heterocycles. The quantitative estimate of drug-likeness (QED) is 0.603. The van der Waals surface area contributed by atoms with Crippen LogP contribution >= 0.6 is 0 Å². The molecule has 0 saturated heterocycles. The summed E-state index contributed by atoms with van der Waals surface area (Å²) in [5.74, 6) is 0.982. The second-order valence-electron chi connectivity index (χ2n) is 5.12. The summed E-state index contributed by atoms with van der Waals surface area (Å²) in [5, 5.41) is 13.6. The van der Waals surface area contributed by atoms with Crippen LogP contribution in [0.1, 0.15) is 0 Å². The number of fused-ring (bicyclic) bond motifs is 1. The Morgan fingerprint density at radius 3 is 2.57 bits per heavy atom. The van der Waals surface area contributed by atoms with Crippen LogP contribution in [-0.2, 0) is 0 Å². The molecule has 0 spiro atoms. The topological polar surface area (TPSA) is 62.5 Å². The van der Waals surface area contributed by atoms with Crippen molar-refractivity contribution in [1.29, 1.82) is 0 Å². The SMILES string of the molecule is Oc1ccccc1-c1nc2cnccn2c1Nc1ccccc1. The van der Waals surface area contributed by atoms with E-state index in [1.165, 1.54) is 0 Å². The van der Waals surface area contributed by atoms with Gasteiger partial charge < -0.3 is 10.4 Å². The highest BCUT2D eigenvalue weighted by Crippen LogP contribution is 2.35. The van der Waals surface area contributed by atoms with Crippen LogP contribution in [0.15, 0.2) is 73.2 Å². The Hall–Kier alpha value is -3.34. The molecule has 5 heteroatoms. The average Bonchev–Trinajstić information content (AvgIpc) is 2.95. The first-order valence-corrected chi connectivity index (χ1v) is 7.25. The van der Waals surface area contributed by atoms with Crippen molar-refractivity contribution in [2.24, 2.45) is 0 Å². The van der Waals surface area contributed by atoms with E-state index in [0.717, 1.165) is 11.5 Å². The molecule has 0 fully saturated rings. The van der Waals surface area contributed by atoms with Crippen molar-refractivity contribution in [2.75, 3.05) is 5.32 Å². The molecular formula is C18H14N4O. The molecule has 2 aromatic heterocycles. The lowest BCUT2D eigenvalue weighted by atomic mass is 10.1. The number of aromatic nitrogens is 3. The van der Waals surface area contributed by atoms with Gasteiger partial charge in [0.05, 0.1) is 6.20 Å². The summed E-state index contributed by atoms with van der Waals surface area (Å²) in [6.07, 6.45) is 5.25. The Balaban J connectivity index is 1.93. The highest BCUT2D eigenvalue weighted by Gasteiger charge is 2.16. The smallest absolute Gasteiger partial charge is 0.157 e. The van der Waals surface area contributed by atoms with Gasteiger partial charge in [0.15, 0.2) is 5.65 Å². The summed E-state index contributed by atoms with van der Waals surface area (Å²) < 4.78 is 1.92. The van der Waals surface area contributed by atoms with E-state index in [0.29, 0.717) is 16.9 Å². The molecule has 0 amide bonds. The fraction of sp³-hybridized carbons (Fsp3) is 0. The van der Waals surface area contributed by atoms with Gasteiger partial charge in [0.1, 0.15) is 17.3 Å². The summed E-state index contributed by atoms with van der Waals surface area (Å²) in [7, 11) is 0. The second kappa shape index (κ2) is 5.46. The fourth-order valence-corrected chi connectivity index (χ4v) is 2.55. The molecule has 4 aromatic rings. The lowest BCUT2D eigenvalue weighted by Gasteiger charge is -2.09. The van der Waals surface area contributed by atoms with E-state index >= 15 is 0 Å². The van der Waals surface area contributed by atoms with Crippen molar-refractivity contribution in [2.45, 2.75) is 0 Å². The number of phenols is 1. The first-order chi connectivity index (χ1) is 11.3. The van der Waals surface area contributed by atoms with Gasteiger partial charge in [-0.1, -0.05) is 30.3 Å². The molecule has 23 heavy (non-hydrogen) atoms. The first-order valence-electron chi connectivity index (χ1n) is 7.25. The molecule has 0 bridgehead atoms. The van der Waals surface area contributed by atoms with Crippen molar-refractivity contribution in [3.05, 3.63) is 73.2 Å². The van der Waals surface area contributed by atoms with Crippen LogP contribution in [0.3, 0.4) is 0 Å². The summed E-state index contributed by atoms with van der Waals surface area (Å²) >= 11 is 0. The number of hydrogen-bond acceptors (Lipinski definition) is 4. The number of hydrogen-bond donors (Lipinski definition) is 2.